The lowest BCUT2D eigenvalue weighted by molar-refractivity contribution is 0.290. The Balaban J connectivity index is 1.83. The summed E-state index contributed by atoms with van der Waals surface area (Å²) < 4.78 is 0. The Bertz CT molecular complexity index is 202. The first-order valence-electron chi connectivity index (χ1n) is 5.47. The Kier molecular flexibility index (Phi) is 2.56. The summed E-state index contributed by atoms with van der Waals surface area (Å²) in [6, 6.07) is 0. The molecule has 0 spiro atoms. The van der Waals surface area contributed by atoms with Crippen molar-refractivity contribution < 1.29 is 5.21 Å². The van der Waals surface area contributed by atoms with Crippen LogP contribution in [0.25, 0.3) is 0 Å². The number of nitrogens with zero attached hydrogens (tertiary/aromatic N) is 1. The van der Waals surface area contributed by atoms with E-state index in [9.17, 15) is 0 Å². The maximum atomic E-state index is 8.41. The van der Waals surface area contributed by atoms with Crippen LogP contribution in [0.5, 0.6) is 0 Å². The van der Waals surface area contributed by atoms with Crippen LogP contribution in [0.4, 0.5) is 0 Å². The molecule has 4 atom stereocenters. The summed E-state index contributed by atoms with van der Waals surface area (Å²) in [4.78, 5) is 0. The van der Waals surface area contributed by atoms with Crippen LogP contribution >= 0.6 is 0 Å². The smallest absolute Gasteiger partial charge is 0.0464 e. The van der Waals surface area contributed by atoms with Crippen molar-refractivity contribution in [1.82, 2.24) is 0 Å². The summed E-state index contributed by atoms with van der Waals surface area (Å²) in [5.74, 6) is 3.41. The summed E-state index contributed by atoms with van der Waals surface area (Å²) in [7, 11) is 0. The van der Waals surface area contributed by atoms with Gasteiger partial charge in [0.1, 0.15) is 0 Å². The highest BCUT2D eigenvalue weighted by molar-refractivity contribution is 5.59. The molecular formula is C11H19NO. The van der Waals surface area contributed by atoms with Gasteiger partial charge in [0.05, 0.1) is 0 Å². The van der Waals surface area contributed by atoms with Crippen molar-refractivity contribution in [3.63, 3.8) is 0 Å². The molecule has 4 unspecified atom stereocenters. The summed E-state index contributed by atoms with van der Waals surface area (Å²) in [5, 5.41) is 11.5. The summed E-state index contributed by atoms with van der Waals surface area (Å²) in [5.41, 5.74) is 0. The summed E-state index contributed by atoms with van der Waals surface area (Å²) in [6.45, 7) is 2.14. The van der Waals surface area contributed by atoms with E-state index in [1.54, 1.807) is 6.21 Å². The highest BCUT2D eigenvalue weighted by Crippen LogP contribution is 2.50. The predicted molar refractivity (Wildman–Crippen MR) is 53.0 cm³/mol. The fraction of sp³-hybridized carbons (Fsp3) is 0.909. The minimum atomic E-state index is 0.453. The van der Waals surface area contributed by atoms with Gasteiger partial charge in [-0.05, 0) is 49.4 Å². The second-order valence-corrected chi connectivity index (χ2v) is 4.91. The number of rotatable bonds is 3. The van der Waals surface area contributed by atoms with Crippen molar-refractivity contribution in [2.75, 3.05) is 0 Å². The maximum Gasteiger partial charge on any atom is 0.0464 e. The van der Waals surface area contributed by atoms with Crippen LogP contribution in [0.3, 0.4) is 0 Å². The van der Waals surface area contributed by atoms with Gasteiger partial charge in [0.15, 0.2) is 0 Å². The van der Waals surface area contributed by atoms with Crippen LogP contribution in [-0.2, 0) is 0 Å². The van der Waals surface area contributed by atoms with E-state index in [1.165, 1.54) is 32.1 Å². The maximum absolute atomic E-state index is 8.41. The van der Waals surface area contributed by atoms with Gasteiger partial charge in [-0.25, -0.2) is 0 Å². The van der Waals surface area contributed by atoms with Crippen LogP contribution in [0, 0.1) is 23.7 Å². The van der Waals surface area contributed by atoms with Gasteiger partial charge in [-0.2, -0.15) is 0 Å². The van der Waals surface area contributed by atoms with Crippen molar-refractivity contribution in [3.05, 3.63) is 0 Å². The predicted octanol–water partition coefficient (Wildman–Crippen LogP) is 2.91. The van der Waals surface area contributed by atoms with E-state index < -0.39 is 0 Å². The van der Waals surface area contributed by atoms with Crippen LogP contribution in [0.15, 0.2) is 5.16 Å². The van der Waals surface area contributed by atoms with Crippen LogP contribution in [-0.4, -0.2) is 11.4 Å². The first-order valence-corrected chi connectivity index (χ1v) is 5.47. The lowest BCUT2D eigenvalue weighted by atomic mass is 9.83. The number of oxime groups is 1. The van der Waals surface area contributed by atoms with Crippen molar-refractivity contribution in [3.8, 4) is 0 Å². The second-order valence-electron chi connectivity index (χ2n) is 4.91. The molecule has 0 aromatic rings. The van der Waals surface area contributed by atoms with Crippen molar-refractivity contribution in [1.29, 1.82) is 0 Å². The highest BCUT2D eigenvalue weighted by Gasteiger charge is 2.39. The van der Waals surface area contributed by atoms with E-state index in [1.807, 2.05) is 0 Å². The van der Waals surface area contributed by atoms with Gasteiger partial charge in [-0.1, -0.05) is 13.3 Å². The molecule has 0 radical (unpaired) electrons. The molecule has 2 aliphatic rings. The zero-order valence-electron chi connectivity index (χ0n) is 8.32. The number of fused-ring (bicyclic) bond motifs is 2. The third-order valence-electron chi connectivity index (χ3n) is 3.88. The molecule has 2 aliphatic carbocycles. The monoisotopic (exact) mass is 181 g/mol. The lowest BCUT2D eigenvalue weighted by Crippen LogP contribution is -2.14. The Labute approximate surface area is 80.0 Å². The molecule has 0 aromatic carbocycles. The molecule has 2 rings (SSSR count). The summed E-state index contributed by atoms with van der Waals surface area (Å²) >= 11 is 0. The first-order chi connectivity index (χ1) is 6.29. The van der Waals surface area contributed by atoms with Crippen molar-refractivity contribution in [2.24, 2.45) is 28.8 Å². The molecule has 1 N–H and O–H groups in total. The molecule has 2 saturated carbocycles. The molecule has 2 heteroatoms. The molecule has 0 aliphatic heterocycles. The Hall–Kier alpha value is -0.530. The molecule has 0 heterocycles. The van der Waals surface area contributed by atoms with Gasteiger partial charge < -0.3 is 5.21 Å². The lowest BCUT2D eigenvalue weighted by Gasteiger charge is -2.22. The third kappa shape index (κ3) is 1.87. The Morgan fingerprint density at radius 1 is 1.46 bits per heavy atom. The largest absolute Gasteiger partial charge is 0.411 e. The fourth-order valence-electron chi connectivity index (χ4n) is 3.32. The minimum absolute atomic E-state index is 0.453. The number of hydrogen-bond donors (Lipinski definition) is 1. The molecule has 0 aromatic heterocycles. The normalized spacial score (nSPS) is 40.2. The van der Waals surface area contributed by atoms with E-state index in [-0.39, 0.29) is 0 Å². The average Bonchev–Trinajstić information content (AvgIpc) is 2.65. The molecule has 74 valence electrons. The Morgan fingerprint density at radius 2 is 2.31 bits per heavy atom. The molecule has 2 fully saturated rings. The quantitative estimate of drug-likeness (QED) is 0.405. The molecule has 2 bridgehead atoms. The van der Waals surface area contributed by atoms with Gasteiger partial charge in [0.2, 0.25) is 0 Å². The van der Waals surface area contributed by atoms with Crippen molar-refractivity contribution in [2.45, 2.75) is 39.0 Å². The molecule has 0 saturated heterocycles. The van der Waals surface area contributed by atoms with Gasteiger partial charge in [-0.3, -0.25) is 0 Å². The SMILES string of the molecule is CC(/C=N\O)CC1CC2CCC1C2. The first kappa shape index (κ1) is 9.04. The molecule has 2 nitrogen and oxygen atoms in total. The van der Waals surface area contributed by atoms with E-state index in [4.69, 9.17) is 5.21 Å². The van der Waals surface area contributed by atoms with Gasteiger partial charge in [-0.15, -0.1) is 5.16 Å². The zero-order valence-corrected chi connectivity index (χ0v) is 8.32. The van der Waals surface area contributed by atoms with Gasteiger partial charge in [0, 0.05) is 6.21 Å². The topological polar surface area (TPSA) is 32.6 Å². The fourth-order valence-corrected chi connectivity index (χ4v) is 3.32. The molecule has 13 heavy (non-hydrogen) atoms. The third-order valence-corrected chi connectivity index (χ3v) is 3.88. The highest BCUT2D eigenvalue weighted by atomic mass is 16.4. The van der Waals surface area contributed by atoms with E-state index in [2.05, 4.69) is 12.1 Å². The van der Waals surface area contributed by atoms with E-state index in [0.717, 1.165) is 17.8 Å². The Morgan fingerprint density at radius 3 is 2.85 bits per heavy atom. The molecular weight excluding hydrogens is 162 g/mol. The summed E-state index contributed by atoms with van der Waals surface area (Å²) in [6.07, 6.45) is 8.75. The van der Waals surface area contributed by atoms with E-state index in [0.29, 0.717) is 5.92 Å². The van der Waals surface area contributed by atoms with E-state index >= 15 is 0 Å². The average molecular weight is 181 g/mol. The van der Waals surface area contributed by atoms with Crippen molar-refractivity contribution >= 4 is 6.21 Å². The van der Waals surface area contributed by atoms with Crippen LogP contribution in [0.2, 0.25) is 0 Å². The van der Waals surface area contributed by atoms with Gasteiger partial charge >= 0.3 is 0 Å². The van der Waals surface area contributed by atoms with Gasteiger partial charge in [0.25, 0.3) is 0 Å². The van der Waals surface area contributed by atoms with Crippen LogP contribution in [0.1, 0.15) is 39.0 Å². The standard InChI is InChI=1S/C11H19NO/c1-8(7-12-13)4-11-6-9-2-3-10(11)5-9/h7-11,13H,2-6H2,1H3/b12-7-. The molecule has 0 amide bonds. The van der Waals surface area contributed by atoms with Crippen LogP contribution < -0.4 is 0 Å². The number of hydrogen-bond acceptors (Lipinski definition) is 2. The minimum Gasteiger partial charge on any atom is -0.411 e. The second kappa shape index (κ2) is 3.69. The zero-order chi connectivity index (χ0) is 9.26.